The monoisotopic (exact) mass is 444 g/mol. The molecule has 1 atom stereocenters. The highest BCUT2D eigenvalue weighted by Gasteiger charge is 2.31. The summed E-state index contributed by atoms with van der Waals surface area (Å²) < 4.78 is 5.76. The maximum Gasteiger partial charge on any atom is 0.261 e. The maximum atomic E-state index is 13.5. The van der Waals surface area contributed by atoms with Crippen LogP contribution in [-0.2, 0) is 22.6 Å². The van der Waals surface area contributed by atoms with Gasteiger partial charge in [-0.1, -0.05) is 72.8 Å². The Kier molecular flexibility index (Phi) is 8.64. The third-order valence-electron chi connectivity index (χ3n) is 5.41. The van der Waals surface area contributed by atoms with Crippen molar-refractivity contribution in [3.05, 3.63) is 102 Å². The van der Waals surface area contributed by atoms with E-state index in [1.165, 1.54) is 0 Å². The van der Waals surface area contributed by atoms with E-state index in [-0.39, 0.29) is 24.5 Å². The third kappa shape index (κ3) is 7.21. The van der Waals surface area contributed by atoms with Gasteiger partial charge in [-0.25, -0.2) is 0 Å². The molecule has 0 fully saturated rings. The van der Waals surface area contributed by atoms with E-state index in [9.17, 15) is 9.59 Å². The largest absolute Gasteiger partial charge is 0.484 e. The zero-order valence-electron chi connectivity index (χ0n) is 19.5. The molecule has 0 radical (unpaired) electrons. The van der Waals surface area contributed by atoms with Crippen molar-refractivity contribution in [3.63, 3.8) is 0 Å². The summed E-state index contributed by atoms with van der Waals surface area (Å²) in [5.41, 5.74) is 3.07. The molecule has 0 aliphatic rings. The quantitative estimate of drug-likeness (QED) is 0.500. The lowest BCUT2D eigenvalue weighted by Crippen LogP contribution is -2.52. The minimum absolute atomic E-state index is 0.0354. The van der Waals surface area contributed by atoms with E-state index in [1.54, 1.807) is 4.90 Å². The highest BCUT2D eigenvalue weighted by atomic mass is 16.5. The predicted molar refractivity (Wildman–Crippen MR) is 131 cm³/mol. The molecule has 3 rings (SSSR count). The first kappa shape index (κ1) is 24.1. The average molecular weight is 445 g/mol. The number of carbonyl (C=O) groups is 2. The SMILES string of the molecule is Cc1ccccc1CN(C(=O)COc1ccccc1)[C@@H](Cc1ccccc1)C(=O)NC(C)C. The Labute approximate surface area is 196 Å². The first-order chi connectivity index (χ1) is 15.9. The van der Waals surface area contributed by atoms with E-state index in [1.807, 2.05) is 106 Å². The van der Waals surface area contributed by atoms with Crippen LogP contribution in [0.5, 0.6) is 5.75 Å². The van der Waals surface area contributed by atoms with Crippen molar-refractivity contribution in [2.45, 2.75) is 45.8 Å². The molecule has 5 nitrogen and oxygen atoms in total. The van der Waals surface area contributed by atoms with Gasteiger partial charge in [0, 0.05) is 19.0 Å². The highest BCUT2D eigenvalue weighted by molar-refractivity contribution is 5.88. The number of hydrogen-bond acceptors (Lipinski definition) is 3. The van der Waals surface area contributed by atoms with Gasteiger partial charge in [0.15, 0.2) is 6.61 Å². The van der Waals surface area contributed by atoms with Crippen LogP contribution in [0.3, 0.4) is 0 Å². The number of hydrogen-bond donors (Lipinski definition) is 1. The summed E-state index contributed by atoms with van der Waals surface area (Å²) in [5.74, 6) is 0.213. The molecule has 172 valence electrons. The minimum atomic E-state index is -0.665. The normalized spacial score (nSPS) is 11.6. The zero-order chi connectivity index (χ0) is 23.6. The topological polar surface area (TPSA) is 58.6 Å². The molecule has 3 aromatic carbocycles. The molecule has 0 saturated carbocycles. The molecule has 33 heavy (non-hydrogen) atoms. The average Bonchev–Trinajstić information content (AvgIpc) is 2.81. The number of ether oxygens (including phenoxy) is 1. The molecule has 0 unspecified atom stereocenters. The van der Waals surface area contributed by atoms with E-state index in [2.05, 4.69) is 5.32 Å². The number of carbonyl (C=O) groups excluding carboxylic acids is 2. The van der Waals surface area contributed by atoms with Crippen LogP contribution in [0.1, 0.15) is 30.5 Å². The summed E-state index contributed by atoms with van der Waals surface area (Å²) >= 11 is 0. The number of aryl methyl sites for hydroxylation is 1. The predicted octanol–water partition coefficient (Wildman–Crippen LogP) is 4.54. The zero-order valence-corrected chi connectivity index (χ0v) is 19.5. The smallest absolute Gasteiger partial charge is 0.261 e. The molecule has 0 aliphatic heterocycles. The molecular formula is C28H32N2O3. The third-order valence-corrected chi connectivity index (χ3v) is 5.41. The van der Waals surface area contributed by atoms with Crippen LogP contribution in [0, 0.1) is 6.92 Å². The van der Waals surface area contributed by atoms with E-state index in [0.29, 0.717) is 18.7 Å². The number of nitrogens with zero attached hydrogens (tertiary/aromatic N) is 1. The van der Waals surface area contributed by atoms with Gasteiger partial charge in [-0.3, -0.25) is 9.59 Å². The van der Waals surface area contributed by atoms with Crippen molar-refractivity contribution in [2.75, 3.05) is 6.61 Å². The van der Waals surface area contributed by atoms with Crippen LogP contribution in [0.25, 0.3) is 0 Å². The molecule has 0 heterocycles. The van der Waals surface area contributed by atoms with Gasteiger partial charge < -0.3 is 15.0 Å². The Balaban J connectivity index is 1.91. The van der Waals surface area contributed by atoms with Gasteiger partial charge in [-0.2, -0.15) is 0 Å². The van der Waals surface area contributed by atoms with Gasteiger partial charge in [-0.05, 0) is 49.6 Å². The highest BCUT2D eigenvalue weighted by Crippen LogP contribution is 2.18. The van der Waals surface area contributed by atoms with E-state index in [4.69, 9.17) is 4.74 Å². The summed E-state index contributed by atoms with van der Waals surface area (Å²) in [4.78, 5) is 28.4. The molecule has 1 N–H and O–H groups in total. The van der Waals surface area contributed by atoms with E-state index < -0.39 is 6.04 Å². The standard InChI is InChI=1S/C28H32N2O3/c1-21(2)29-28(32)26(18-23-13-6-4-7-14-23)30(19-24-15-11-10-12-22(24)3)27(31)20-33-25-16-8-5-9-17-25/h4-17,21,26H,18-20H2,1-3H3,(H,29,32)/t26-/m0/s1. The minimum Gasteiger partial charge on any atom is -0.484 e. The fraction of sp³-hybridized carbons (Fsp3) is 0.286. The van der Waals surface area contributed by atoms with Crippen molar-refractivity contribution >= 4 is 11.8 Å². The number of benzene rings is 3. The van der Waals surface area contributed by atoms with Crippen LogP contribution in [0.15, 0.2) is 84.9 Å². The van der Waals surface area contributed by atoms with Crippen LogP contribution < -0.4 is 10.1 Å². The first-order valence-electron chi connectivity index (χ1n) is 11.3. The summed E-state index contributed by atoms with van der Waals surface area (Å²) in [7, 11) is 0. The lowest BCUT2D eigenvalue weighted by Gasteiger charge is -2.32. The molecule has 0 aromatic heterocycles. The first-order valence-corrected chi connectivity index (χ1v) is 11.3. The number of rotatable bonds is 10. The Hall–Kier alpha value is -3.60. The van der Waals surface area contributed by atoms with Crippen LogP contribution in [-0.4, -0.2) is 35.4 Å². The van der Waals surface area contributed by atoms with Gasteiger partial charge in [0.1, 0.15) is 11.8 Å². The Morgan fingerprint density at radius 1 is 0.879 bits per heavy atom. The number of nitrogens with one attached hydrogen (secondary N) is 1. The molecule has 5 heteroatoms. The summed E-state index contributed by atoms with van der Waals surface area (Å²) in [5, 5.41) is 3.00. The Bertz CT molecular complexity index is 1040. The molecule has 0 aliphatic carbocycles. The van der Waals surface area contributed by atoms with Gasteiger partial charge in [0.05, 0.1) is 0 Å². The summed E-state index contributed by atoms with van der Waals surface area (Å²) in [6.45, 7) is 6.04. The van der Waals surface area contributed by atoms with Crippen molar-refractivity contribution < 1.29 is 14.3 Å². The number of para-hydroxylation sites is 1. The molecule has 2 amide bonds. The van der Waals surface area contributed by atoms with Crippen molar-refractivity contribution in [2.24, 2.45) is 0 Å². The Morgan fingerprint density at radius 3 is 2.12 bits per heavy atom. The summed E-state index contributed by atoms with van der Waals surface area (Å²) in [6, 6.07) is 26.2. The van der Waals surface area contributed by atoms with Crippen LogP contribution >= 0.6 is 0 Å². The second-order valence-corrected chi connectivity index (χ2v) is 8.42. The van der Waals surface area contributed by atoms with Crippen LogP contribution in [0.4, 0.5) is 0 Å². The van der Waals surface area contributed by atoms with Gasteiger partial charge in [-0.15, -0.1) is 0 Å². The molecule has 0 saturated heterocycles. The van der Waals surface area contributed by atoms with Crippen molar-refractivity contribution in [1.29, 1.82) is 0 Å². The second kappa shape index (κ2) is 11.9. The second-order valence-electron chi connectivity index (χ2n) is 8.42. The van der Waals surface area contributed by atoms with E-state index in [0.717, 1.165) is 16.7 Å². The molecular weight excluding hydrogens is 412 g/mol. The Morgan fingerprint density at radius 2 is 1.48 bits per heavy atom. The van der Waals surface area contributed by atoms with Gasteiger partial charge in [0.2, 0.25) is 5.91 Å². The van der Waals surface area contributed by atoms with Crippen molar-refractivity contribution in [3.8, 4) is 5.75 Å². The lowest BCUT2D eigenvalue weighted by molar-refractivity contribution is -0.143. The lowest BCUT2D eigenvalue weighted by atomic mass is 10.0. The summed E-state index contributed by atoms with van der Waals surface area (Å²) in [6.07, 6.45) is 0.419. The molecule has 3 aromatic rings. The molecule has 0 bridgehead atoms. The number of amides is 2. The van der Waals surface area contributed by atoms with Crippen molar-refractivity contribution in [1.82, 2.24) is 10.2 Å². The fourth-order valence-corrected chi connectivity index (χ4v) is 3.65. The van der Waals surface area contributed by atoms with Gasteiger partial charge >= 0.3 is 0 Å². The fourth-order valence-electron chi connectivity index (χ4n) is 3.65. The van der Waals surface area contributed by atoms with Gasteiger partial charge in [0.25, 0.3) is 5.91 Å². The maximum absolute atomic E-state index is 13.5. The van der Waals surface area contributed by atoms with E-state index >= 15 is 0 Å². The van der Waals surface area contributed by atoms with Crippen LogP contribution in [0.2, 0.25) is 0 Å². The molecule has 0 spiro atoms.